The summed E-state index contributed by atoms with van der Waals surface area (Å²) in [5, 5.41) is 12.0. The maximum atomic E-state index is 12.1. The van der Waals surface area contributed by atoms with E-state index in [2.05, 4.69) is 24.4 Å². The first kappa shape index (κ1) is 26.7. The Hall–Kier alpha value is -2.30. The molecule has 1 rings (SSSR count). The van der Waals surface area contributed by atoms with Gasteiger partial charge in [0.1, 0.15) is 0 Å². The molecule has 0 fully saturated rings. The maximum absolute atomic E-state index is 12.1. The van der Waals surface area contributed by atoms with Crippen LogP contribution in [0.15, 0.2) is 30.4 Å². The Labute approximate surface area is 188 Å². The van der Waals surface area contributed by atoms with E-state index in [9.17, 15) is 14.7 Å². The van der Waals surface area contributed by atoms with Crippen LogP contribution in [0.5, 0.6) is 11.5 Å². The highest BCUT2D eigenvalue weighted by molar-refractivity contribution is 6.04. The monoisotopic (exact) mass is 431 g/mol. The van der Waals surface area contributed by atoms with Crippen molar-refractivity contribution in [1.82, 2.24) is 5.32 Å². The SMILES string of the molecule is CCCCCCCC/C=C\CCCCCCCC(=O)NC(=O)c1ccc(O)c(OC)c1. The zero-order valence-electron chi connectivity index (χ0n) is 19.5. The first-order valence-electron chi connectivity index (χ1n) is 11.9. The Balaban J connectivity index is 2.01. The molecule has 0 aromatic heterocycles. The minimum absolute atomic E-state index is 0.0429. The van der Waals surface area contributed by atoms with Crippen LogP contribution >= 0.6 is 0 Å². The summed E-state index contributed by atoms with van der Waals surface area (Å²) in [5.74, 6) is -0.582. The second-order valence-corrected chi connectivity index (χ2v) is 8.10. The van der Waals surface area contributed by atoms with Crippen molar-refractivity contribution < 1.29 is 19.4 Å². The quantitative estimate of drug-likeness (QED) is 0.213. The van der Waals surface area contributed by atoms with Gasteiger partial charge in [-0.3, -0.25) is 14.9 Å². The average Bonchev–Trinajstić information content (AvgIpc) is 2.76. The number of carbonyl (C=O) groups is 2. The van der Waals surface area contributed by atoms with Gasteiger partial charge in [-0.2, -0.15) is 0 Å². The number of methoxy groups -OCH3 is 1. The lowest BCUT2D eigenvalue weighted by Crippen LogP contribution is -2.30. The summed E-state index contributed by atoms with van der Waals surface area (Å²) >= 11 is 0. The van der Waals surface area contributed by atoms with Gasteiger partial charge in [0.15, 0.2) is 11.5 Å². The molecule has 5 heteroatoms. The van der Waals surface area contributed by atoms with Crippen molar-refractivity contribution in [2.24, 2.45) is 0 Å². The molecular weight excluding hydrogens is 390 g/mol. The summed E-state index contributed by atoms with van der Waals surface area (Å²) in [5.41, 5.74) is 0.285. The highest BCUT2D eigenvalue weighted by Crippen LogP contribution is 2.26. The molecular formula is C26H41NO4. The summed E-state index contributed by atoms with van der Waals surface area (Å²) in [4.78, 5) is 24.1. The largest absolute Gasteiger partial charge is 0.504 e. The first-order chi connectivity index (χ1) is 15.1. The summed E-state index contributed by atoms with van der Waals surface area (Å²) < 4.78 is 4.98. The third kappa shape index (κ3) is 12.9. The van der Waals surface area contributed by atoms with Crippen LogP contribution in [-0.4, -0.2) is 24.0 Å². The highest BCUT2D eigenvalue weighted by atomic mass is 16.5. The molecule has 0 atom stereocenters. The van der Waals surface area contributed by atoms with Crippen molar-refractivity contribution in [1.29, 1.82) is 0 Å². The number of allylic oxidation sites excluding steroid dienone is 2. The Morgan fingerprint density at radius 1 is 0.903 bits per heavy atom. The molecule has 0 unspecified atom stereocenters. The smallest absolute Gasteiger partial charge is 0.257 e. The van der Waals surface area contributed by atoms with E-state index in [0.29, 0.717) is 6.42 Å². The van der Waals surface area contributed by atoms with E-state index in [1.807, 2.05) is 0 Å². The molecule has 2 amide bonds. The molecule has 0 spiro atoms. The highest BCUT2D eigenvalue weighted by Gasteiger charge is 2.12. The summed E-state index contributed by atoms with van der Waals surface area (Å²) in [7, 11) is 1.41. The van der Waals surface area contributed by atoms with Crippen LogP contribution in [0.4, 0.5) is 0 Å². The Morgan fingerprint density at radius 2 is 1.48 bits per heavy atom. The fraction of sp³-hybridized carbons (Fsp3) is 0.615. The van der Waals surface area contributed by atoms with Crippen LogP contribution in [0.25, 0.3) is 0 Å². The molecule has 0 saturated carbocycles. The van der Waals surface area contributed by atoms with Crippen LogP contribution in [0.2, 0.25) is 0 Å². The van der Waals surface area contributed by atoms with Gasteiger partial charge >= 0.3 is 0 Å². The zero-order chi connectivity index (χ0) is 22.7. The third-order valence-corrected chi connectivity index (χ3v) is 5.36. The lowest BCUT2D eigenvalue weighted by atomic mass is 10.1. The molecule has 1 aromatic carbocycles. The number of aromatic hydroxyl groups is 1. The Kier molecular flexibility index (Phi) is 15.0. The summed E-state index contributed by atoms with van der Waals surface area (Å²) in [6.45, 7) is 2.25. The van der Waals surface area contributed by atoms with Gasteiger partial charge < -0.3 is 9.84 Å². The van der Waals surface area contributed by atoms with Gasteiger partial charge in [-0.25, -0.2) is 0 Å². The van der Waals surface area contributed by atoms with Gasteiger partial charge in [-0.15, -0.1) is 0 Å². The van der Waals surface area contributed by atoms with Crippen LogP contribution in [0.3, 0.4) is 0 Å². The summed E-state index contributed by atoms with van der Waals surface area (Å²) in [6, 6.07) is 4.25. The van der Waals surface area contributed by atoms with Gasteiger partial charge in [0.25, 0.3) is 5.91 Å². The lowest BCUT2D eigenvalue weighted by Gasteiger charge is -2.07. The molecule has 0 aliphatic heterocycles. The topological polar surface area (TPSA) is 75.6 Å². The van der Waals surface area contributed by atoms with Crippen LogP contribution in [-0.2, 0) is 4.79 Å². The number of nitrogens with one attached hydrogen (secondary N) is 1. The standard InChI is InChI=1S/C26H41NO4/c1-3-4-5-6-7-8-9-10-11-12-13-14-15-16-17-18-25(29)27-26(30)22-19-20-23(28)24(21-22)31-2/h10-11,19-21,28H,3-9,12-18H2,1-2H3,(H,27,29,30)/b11-10-. The van der Waals surface area contributed by atoms with Crippen molar-refractivity contribution in [2.75, 3.05) is 7.11 Å². The Bertz CT molecular complexity index is 669. The minimum atomic E-state index is -0.476. The molecule has 0 bridgehead atoms. The van der Waals surface area contributed by atoms with Crippen LogP contribution < -0.4 is 10.1 Å². The first-order valence-corrected chi connectivity index (χ1v) is 11.9. The van der Waals surface area contributed by atoms with Gasteiger partial charge in [-0.1, -0.05) is 70.4 Å². The lowest BCUT2D eigenvalue weighted by molar-refractivity contribution is -0.120. The van der Waals surface area contributed by atoms with Crippen LogP contribution in [0, 0.1) is 0 Å². The van der Waals surface area contributed by atoms with E-state index in [1.165, 1.54) is 83.1 Å². The fourth-order valence-electron chi connectivity index (χ4n) is 3.44. The van der Waals surface area contributed by atoms with Crippen LogP contribution in [0.1, 0.15) is 107 Å². The number of hydrogen-bond donors (Lipinski definition) is 2. The molecule has 0 heterocycles. The number of phenolic OH excluding ortho intramolecular Hbond substituents is 1. The maximum Gasteiger partial charge on any atom is 0.257 e. The van der Waals surface area contributed by atoms with E-state index in [-0.39, 0.29) is 23.0 Å². The second kappa shape index (κ2) is 17.4. The van der Waals surface area contributed by atoms with Gasteiger partial charge in [0, 0.05) is 12.0 Å². The second-order valence-electron chi connectivity index (χ2n) is 8.10. The van der Waals surface area contributed by atoms with Gasteiger partial charge in [-0.05, 0) is 50.3 Å². The normalized spacial score (nSPS) is 11.0. The third-order valence-electron chi connectivity index (χ3n) is 5.36. The van der Waals surface area contributed by atoms with E-state index < -0.39 is 5.91 Å². The number of imide groups is 1. The zero-order valence-corrected chi connectivity index (χ0v) is 19.5. The minimum Gasteiger partial charge on any atom is -0.504 e. The average molecular weight is 432 g/mol. The molecule has 0 saturated heterocycles. The van der Waals surface area contributed by atoms with Crippen molar-refractivity contribution in [3.8, 4) is 11.5 Å². The number of unbranched alkanes of at least 4 members (excludes halogenated alkanes) is 11. The number of rotatable bonds is 17. The van der Waals surface area contributed by atoms with Gasteiger partial charge in [0.2, 0.25) is 5.91 Å². The van der Waals surface area contributed by atoms with E-state index in [4.69, 9.17) is 4.74 Å². The predicted octanol–water partition coefficient (Wildman–Crippen LogP) is 6.69. The fourth-order valence-corrected chi connectivity index (χ4v) is 3.44. The Morgan fingerprint density at radius 3 is 2.10 bits per heavy atom. The number of ether oxygens (including phenoxy) is 1. The molecule has 5 nitrogen and oxygen atoms in total. The molecule has 31 heavy (non-hydrogen) atoms. The molecule has 174 valence electrons. The molecule has 2 N–H and O–H groups in total. The van der Waals surface area contributed by atoms with Gasteiger partial charge in [0.05, 0.1) is 7.11 Å². The molecule has 0 aliphatic carbocycles. The van der Waals surface area contributed by atoms with Crippen molar-refractivity contribution in [3.05, 3.63) is 35.9 Å². The summed E-state index contributed by atoms with van der Waals surface area (Å²) in [6.07, 6.45) is 20.7. The van der Waals surface area contributed by atoms with Crippen molar-refractivity contribution in [2.45, 2.75) is 96.8 Å². The number of hydrogen-bond acceptors (Lipinski definition) is 4. The predicted molar refractivity (Wildman–Crippen MR) is 127 cm³/mol. The number of amides is 2. The number of benzene rings is 1. The van der Waals surface area contributed by atoms with Crippen molar-refractivity contribution in [3.63, 3.8) is 0 Å². The van der Waals surface area contributed by atoms with E-state index in [0.717, 1.165) is 25.7 Å². The molecule has 0 aliphatic rings. The number of phenols is 1. The molecule has 1 aromatic rings. The number of carbonyl (C=O) groups excluding carboxylic acids is 2. The van der Waals surface area contributed by atoms with E-state index >= 15 is 0 Å². The van der Waals surface area contributed by atoms with E-state index in [1.54, 1.807) is 0 Å². The molecule has 0 radical (unpaired) electrons. The van der Waals surface area contributed by atoms with Crippen molar-refractivity contribution >= 4 is 11.8 Å².